The zero-order chi connectivity index (χ0) is 23.9. The molecule has 1 fully saturated rings. The van der Waals surface area contributed by atoms with Gasteiger partial charge in [-0.05, 0) is 42.8 Å². The van der Waals surface area contributed by atoms with Gasteiger partial charge in [0.05, 0.1) is 12.8 Å². The van der Waals surface area contributed by atoms with Crippen LogP contribution in [0.15, 0.2) is 41.4 Å². The number of aliphatic hydroxyl groups excluding tert-OH is 3. The van der Waals surface area contributed by atoms with Gasteiger partial charge in [-0.25, -0.2) is 17.9 Å². The fourth-order valence-electron chi connectivity index (χ4n) is 3.56. The van der Waals surface area contributed by atoms with Crippen molar-refractivity contribution < 1.29 is 33.2 Å². The van der Waals surface area contributed by atoms with E-state index in [1.54, 1.807) is 12.1 Å². The van der Waals surface area contributed by atoms with Gasteiger partial charge < -0.3 is 20.1 Å². The average molecular weight is 502 g/mol. The SMILES string of the molecule is Cc1cc(S[C@H]2OC(CO)[C@H](O)[C@H](n3cc(-c4cc(F)c(F)c(F)c4)nn3)C2O)ccc1Cl. The molecule has 3 N–H and O–H groups in total. The van der Waals surface area contributed by atoms with Gasteiger partial charge in [-0.1, -0.05) is 28.6 Å². The fourth-order valence-corrected chi connectivity index (χ4v) is 4.84. The Balaban J connectivity index is 1.63. The molecule has 1 aliphatic rings. The van der Waals surface area contributed by atoms with E-state index < -0.39 is 53.8 Å². The molecule has 0 bridgehead atoms. The maximum absolute atomic E-state index is 13.6. The van der Waals surface area contributed by atoms with E-state index in [1.807, 2.05) is 13.0 Å². The molecule has 2 unspecified atom stereocenters. The third-order valence-electron chi connectivity index (χ3n) is 5.33. The van der Waals surface area contributed by atoms with Crippen LogP contribution in [0, 0.1) is 24.4 Å². The van der Waals surface area contributed by atoms with Crippen LogP contribution in [0.3, 0.4) is 0 Å². The number of rotatable bonds is 5. The third-order valence-corrected chi connectivity index (χ3v) is 6.90. The highest BCUT2D eigenvalue weighted by Crippen LogP contribution is 2.39. The van der Waals surface area contributed by atoms with E-state index in [4.69, 9.17) is 16.3 Å². The number of hydrogen-bond acceptors (Lipinski definition) is 7. The number of aliphatic hydroxyl groups is 3. The predicted octanol–water partition coefficient (Wildman–Crippen LogP) is 3.10. The van der Waals surface area contributed by atoms with Gasteiger partial charge in [0.25, 0.3) is 0 Å². The zero-order valence-electron chi connectivity index (χ0n) is 17.1. The maximum atomic E-state index is 13.6. The van der Waals surface area contributed by atoms with E-state index in [0.29, 0.717) is 5.02 Å². The second-order valence-corrected chi connectivity index (χ2v) is 9.14. The molecule has 0 spiro atoms. The van der Waals surface area contributed by atoms with Crippen molar-refractivity contribution in [1.82, 2.24) is 15.0 Å². The Labute approximate surface area is 195 Å². The Morgan fingerprint density at radius 1 is 1.12 bits per heavy atom. The number of halogens is 4. The van der Waals surface area contributed by atoms with Crippen LogP contribution in [-0.2, 0) is 4.74 Å². The summed E-state index contributed by atoms with van der Waals surface area (Å²) in [5.74, 6) is -4.38. The van der Waals surface area contributed by atoms with E-state index in [9.17, 15) is 28.5 Å². The van der Waals surface area contributed by atoms with Gasteiger partial charge >= 0.3 is 0 Å². The van der Waals surface area contributed by atoms with Gasteiger partial charge in [-0.3, -0.25) is 0 Å². The molecule has 0 amide bonds. The lowest BCUT2D eigenvalue weighted by Crippen LogP contribution is -2.55. The van der Waals surface area contributed by atoms with Gasteiger partial charge in [0.15, 0.2) is 17.5 Å². The predicted molar refractivity (Wildman–Crippen MR) is 114 cm³/mol. The van der Waals surface area contributed by atoms with Gasteiger partial charge in [0.2, 0.25) is 0 Å². The molecule has 0 saturated carbocycles. The smallest absolute Gasteiger partial charge is 0.194 e. The highest BCUT2D eigenvalue weighted by Gasteiger charge is 2.46. The standard InChI is InChI=1S/C21H19ClF3N3O4S/c1-9-4-11(2-3-12(9)22)33-21-20(31)18(19(30)16(8-29)32-21)28-7-15(26-27-28)10-5-13(23)17(25)14(24)6-10/h2-7,16,18-21,29-31H,8H2,1H3/t16?,18-,19-,20?,21+/m0/s1. The van der Waals surface area contributed by atoms with Gasteiger partial charge in [-0.2, -0.15) is 0 Å². The Hall–Kier alpha value is -2.15. The third kappa shape index (κ3) is 4.75. The molecule has 0 aliphatic carbocycles. The molecule has 1 aromatic heterocycles. The molecule has 12 heteroatoms. The van der Waals surface area contributed by atoms with Gasteiger partial charge in [0, 0.05) is 15.5 Å². The van der Waals surface area contributed by atoms with Gasteiger partial charge in [-0.15, -0.1) is 5.10 Å². The summed E-state index contributed by atoms with van der Waals surface area (Å²) in [6, 6.07) is 5.69. The summed E-state index contributed by atoms with van der Waals surface area (Å²) in [5, 5.41) is 39.7. The number of thioether (sulfide) groups is 1. The Morgan fingerprint density at radius 3 is 2.45 bits per heavy atom. The van der Waals surface area contributed by atoms with Crippen molar-refractivity contribution >= 4 is 23.4 Å². The molecule has 1 aliphatic heterocycles. The molecule has 5 atom stereocenters. The van der Waals surface area contributed by atoms with E-state index in [0.717, 1.165) is 27.3 Å². The summed E-state index contributed by atoms with van der Waals surface area (Å²) in [5.41, 5.74) is -0.154. The lowest BCUT2D eigenvalue weighted by molar-refractivity contribution is -0.178. The van der Waals surface area contributed by atoms with Crippen LogP contribution in [-0.4, -0.2) is 60.7 Å². The number of hydrogen-bond donors (Lipinski definition) is 3. The summed E-state index contributed by atoms with van der Waals surface area (Å²) in [6.07, 6.45) is -2.46. The minimum atomic E-state index is -1.61. The molecule has 1 saturated heterocycles. The Morgan fingerprint density at radius 2 is 1.82 bits per heavy atom. The van der Waals surface area contributed by atoms with E-state index in [-0.39, 0.29) is 11.3 Å². The minimum absolute atomic E-state index is 0.00299. The first-order valence-corrected chi connectivity index (χ1v) is 11.1. The van der Waals surface area contributed by atoms with Crippen LogP contribution >= 0.6 is 23.4 Å². The van der Waals surface area contributed by atoms with E-state index in [2.05, 4.69) is 10.3 Å². The van der Waals surface area contributed by atoms with Crippen LogP contribution in [0.25, 0.3) is 11.3 Å². The molecule has 0 radical (unpaired) electrons. The number of aryl methyl sites for hydroxylation is 1. The van der Waals surface area contributed by atoms with Crippen molar-refractivity contribution in [1.29, 1.82) is 0 Å². The highest BCUT2D eigenvalue weighted by atomic mass is 35.5. The van der Waals surface area contributed by atoms with Crippen LogP contribution in [0.1, 0.15) is 11.6 Å². The number of ether oxygens (including phenoxy) is 1. The summed E-state index contributed by atoms with van der Waals surface area (Å²) in [4.78, 5) is 0.740. The van der Waals surface area contributed by atoms with Crippen LogP contribution in [0.5, 0.6) is 0 Å². The molecule has 2 heterocycles. The number of aromatic nitrogens is 3. The van der Waals surface area contributed by atoms with E-state index in [1.165, 1.54) is 18.0 Å². The molecule has 176 valence electrons. The first kappa shape index (κ1) is 24.0. The number of benzene rings is 2. The normalized spacial score (nSPS) is 25.4. The van der Waals surface area contributed by atoms with Crippen molar-refractivity contribution in [2.45, 2.75) is 41.6 Å². The molecule has 3 aromatic rings. The van der Waals surface area contributed by atoms with Crippen molar-refractivity contribution in [3.8, 4) is 11.3 Å². The molecule has 2 aromatic carbocycles. The highest BCUT2D eigenvalue weighted by molar-refractivity contribution is 7.99. The largest absolute Gasteiger partial charge is 0.394 e. The fraction of sp³-hybridized carbons (Fsp3) is 0.333. The lowest BCUT2D eigenvalue weighted by atomic mass is 9.97. The zero-order valence-corrected chi connectivity index (χ0v) is 18.6. The lowest BCUT2D eigenvalue weighted by Gasteiger charge is -2.41. The van der Waals surface area contributed by atoms with Crippen LogP contribution < -0.4 is 0 Å². The topological polar surface area (TPSA) is 101 Å². The summed E-state index contributed by atoms with van der Waals surface area (Å²) in [6.45, 7) is 1.29. The molecule has 7 nitrogen and oxygen atoms in total. The van der Waals surface area contributed by atoms with Crippen molar-refractivity contribution in [2.24, 2.45) is 0 Å². The van der Waals surface area contributed by atoms with Crippen molar-refractivity contribution in [2.75, 3.05) is 6.61 Å². The molecule has 4 rings (SSSR count). The summed E-state index contributed by atoms with van der Waals surface area (Å²) < 4.78 is 47.3. The van der Waals surface area contributed by atoms with Crippen molar-refractivity contribution in [3.05, 3.63) is 64.6 Å². The monoisotopic (exact) mass is 501 g/mol. The maximum Gasteiger partial charge on any atom is 0.194 e. The quantitative estimate of drug-likeness (QED) is 0.462. The molecular formula is C21H19ClF3N3O4S. The Bertz CT molecular complexity index is 1140. The van der Waals surface area contributed by atoms with Gasteiger partial charge in [0.1, 0.15) is 35.5 Å². The van der Waals surface area contributed by atoms with Crippen LogP contribution in [0.4, 0.5) is 13.2 Å². The van der Waals surface area contributed by atoms with Crippen molar-refractivity contribution in [3.63, 3.8) is 0 Å². The summed E-state index contributed by atoms with van der Waals surface area (Å²) >= 11 is 7.23. The minimum Gasteiger partial charge on any atom is -0.394 e. The van der Waals surface area contributed by atoms with E-state index >= 15 is 0 Å². The molecular weight excluding hydrogens is 483 g/mol. The first-order valence-electron chi connectivity index (χ1n) is 9.81. The molecule has 33 heavy (non-hydrogen) atoms. The summed E-state index contributed by atoms with van der Waals surface area (Å²) in [7, 11) is 0. The number of nitrogens with zero attached hydrogens (tertiary/aromatic N) is 3. The second-order valence-electron chi connectivity index (χ2n) is 7.56. The first-order chi connectivity index (χ1) is 15.7. The van der Waals surface area contributed by atoms with Crippen LogP contribution in [0.2, 0.25) is 5.02 Å². The average Bonchev–Trinajstić information content (AvgIpc) is 3.26. The second kappa shape index (κ2) is 9.61. The Kier molecular flexibility index (Phi) is 6.99.